The summed E-state index contributed by atoms with van der Waals surface area (Å²) in [4.78, 5) is 25.8. The molecule has 2 aromatic rings. The van der Waals surface area contributed by atoms with Crippen molar-refractivity contribution in [2.45, 2.75) is 37.5 Å². The lowest BCUT2D eigenvalue weighted by atomic mass is 9.96. The van der Waals surface area contributed by atoms with Crippen molar-refractivity contribution in [1.29, 1.82) is 0 Å². The molecule has 176 valence electrons. The van der Waals surface area contributed by atoms with Gasteiger partial charge in [0.05, 0.1) is 6.04 Å². The van der Waals surface area contributed by atoms with Gasteiger partial charge in [0, 0.05) is 31.5 Å². The number of halogens is 3. The minimum atomic E-state index is -4.56. The summed E-state index contributed by atoms with van der Waals surface area (Å²) < 4.78 is 53.3. The maximum atomic E-state index is 13.9. The second-order valence-corrected chi connectivity index (χ2v) is 8.43. The molecule has 0 bridgehead atoms. The summed E-state index contributed by atoms with van der Waals surface area (Å²) in [6.45, 7) is 0.659. The molecule has 5 rings (SSSR count). The number of carbonyl (C=O) groups is 2. The number of amides is 2. The van der Waals surface area contributed by atoms with E-state index in [4.69, 9.17) is 15.2 Å². The molecule has 0 spiro atoms. The van der Waals surface area contributed by atoms with Crippen LogP contribution in [0.2, 0.25) is 0 Å². The maximum absolute atomic E-state index is 13.9. The van der Waals surface area contributed by atoms with Crippen LogP contribution in [0.1, 0.15) is 47.4 Å². The Hall–Kier alpha value is -3.44. The van der Waals surface area contributed by atoms with Crippen molar-refractivity contribution in [3.8, 4) is 11.5 Å². The van der Waals surface area contributed by atoms with Crippen molar-refractivity contribution in [3.63, 3.8) is 0 Å². The van der Waals surface area contributed by atoms with Crippen LogP contribution in [0, 0.1) is 5.92 Å². The molecular weight excluding hydrogens is 443 g/mol. The van der Waals surface area contributed by atoms with Crippen LogP contribution in [-0.2, 0) is 4.79 Å². The Bertz CT molecular complexity index is 1090. The Kier molecular flexibility index (Phi) is 5.09. The minimum absolute atomic E-state index is 0.0665. The van der Waals surface area contributed by atoms with E-state index in [0.29, 0.717) is 43.0 Å². The van der Waals surface area contributed by atoms with Crippen LogP contribution < -0.4 is 20.5 Å². The molecular formula is C21H22F3N5O4. The van der Waals surface area contributed by atoms with Gasteiger partial charge in [-0.2, -0.15) is 18.3 Å². The van der Waals surface area contributed by atoms with Crippen LogP contribution in [0.5, 0.6) is 11.5 Å². The molecule has 1 aromatic carbocycles. The minimum Gasteiger partial charge on any atom is -0.454 e. The summed E-state index contributed by atoms with van der Waals surface area (Å²) in [6, 6.07) is 3.81. The zero-order chi connectivity index (χ0) is 23.3. The van der Waals surface area contributed by atoms with Gasteiger partial charge in [0.2, 0.25) is 12.7 Å². The SMILES string of the molecule is NC(=O)C1CCN(C(=O)c2cc3n(n2)[C@H](C(F)(F)F)C[C@H](c2ccc4c(c2)OCO4)N3)CC1. The monoisotopic (exact) mass is 465 g/mol. The molecule has 3 N–H and O–H groups in total. The van der Waals surface area contributed by atoms with Crippen molar-refractivity contribution in [1.82, 2.24) is 14.7 Å². The highest BCUT2D eigenvalue weighted by atomic mass is 19.4. The maximum Gasteiger partial charge on any atom is 0.410 e. The van der Waals surface area contributed by atoms with E-state index in [-0.39, 0.29) is 30.6 Å². The van der Waals surface area contributed by atoms with Gasteiger partial charge in [0.25, 0.3) is 5.91 Å². The lowest BCUT2D eigenvalue weighted by Gasteiger charge is -2.33. The van der Waals surface area contributed by atoms with Gasteiger partial charge in [-0.3, -0.25) is 9.59 Å². The number of likely N-dealkylation sites (tertiary alicyclic amines) is 1. The topological polar surface area (TPSA) is 112 Å². The van der Waals surface area contributed by atoms with Crippen LogP contribution in [0.15, 0.2) is 24.3 Å². The zero-order valence-electron chi connectivity index (χ0n) is 17.5. The van der Waals surface area contributed by atoms with Crippen LogP contribution in [-0.4, -0.2) is 52.6 Å². The number of nitrogens with one attached hydrogen (secondary N) is 1. The Morgan fingerprint density at radius 2 is 1.85 bits per heavy atom. The average molecular weight is 465 g/mol. The summed E-state index contributed by atoms with van der Waals surface area (Å²) in [5, 5.41) is 7.10. The van der Waals surface area contributed by atoms with Gasteiger partial charge in [0.15, 0.2) is 23.2 Å². The second kappa shape index (κ2) is 7.85. The Morgan fingerprint density at radius 1 is 1.12 bits per heavy atom. The number of carbonyl (C=O) groups excluding carboxylic acids is 2. The zero-order valence-corrected chi connectivity index (χ0v) is 17.5. The molecule has 2 amide bonds. The van der Waals surface area contributed by atoms with Gasteiger partial charge >= 0.3 is 6.18 Å². The molecule has 0 radical (unpaired) electrons. The van der Waals surface area contributed by atoms with Crippen LogP contribution >= 0.6 is 0 Å². The van der Waals surface area contributed by atoms with E-state index in [2.05, 4.69) is 10.4 Å². The number of piperidine rings is 1. The van der Waals surface area contributed by atoms with E-state index in [0.717, 1.165) is 4.68 Å². The molecule has 3 aliphatic heterocycles. The number of fused-ring (bicyclic) bond motifs is 2. The fraction of sp³-hybridized carbons (Fsp3) is 0.476. The van der Waals surface area contributed by atoms with Gasteiger partial charge in [0.1, 0.15) is 5.82 Å². The average Bonchev–Trinajstić information content (AvgIpc) is 3.43. The van der Waals surface area contributed by atoms with Crippen LogP contribution in [0.25, 0.3) is 0 Å². The molecule has 1 fully saturated rings. The summed E-state index contributed by atoms with van der Waals surface area (Å²) in [6.07, 6.45) is -4.01. The molecule has 4 heterocycles. The number of primary amides is 1. The third kappa shape index (κ3) is 3.93. The molecule has 12 heteroatoms. The molecule has 0 unspecified atom stereocenters. The third-order valence-electron chi connectivity index (χ3n) is 6.39. The van der Waals surface area contributed by atoms with Gasteiger partial charge in [-0.1, -0.05) is 6.07 Å². The fourth-order valence-corrected chi connectivity index (χ4v) is 4.56. The first-order chi connectivity index (χ1) is 15.7. The van der Waals surface area contributed by atoms with Gasteiger partial charge in [-0.15, -0.1) is 0 Å². The molecule has 0 aliphatic carbocycles. The standard InChI is InChI=1S/C21H22F3N5O4/c22-21(23,24)17-8-13(12-1-2-15-16(7-12)33-10-32-15)26-18-9-14(27-29(17)18)20(31)28-5-3-11(4-6-28)19(25)30/h1-2,7,9,11,13,17,26H,3-6,8,10H2,(H2,25,30)/t13-,17+/m1/s1. The van der Waals surface area contributed by atoms with Crippen molar-refractivity contribution >= 4 is 17.6 Å². The number of benzene rings is 1. The largest absolute Gasteiger partial charge is 0.454 e. The van der Waals surface area contributed by atoms with Crippen LogP contribution in [0.4, 0.5) is 19.0 Å². The fourth-order valence-electron chi connectivity index (χ4n) is 4.56. The lowest BCUT2D eigenvalue weighted by Crippen LogP contribution is -2.42. The molecule has 9 nitrogen and oxygen atoms in total. The number of hydrogen-bond donors (Lipinski definition) is 2. The first kappa shape index (κ1) is 21.4. The predicted octanol–water partition coefficient (Wildman–Crippen LogP) is 2.61. The van der Waals surface area contributed by atoms with E-state index in [1.807, 2.05) is 0 Å². The normalized spacial score (nSPS) is 22.6. The van der Waals surface area contributed by atoms with Gasteiger partial charge in [-0.25, -0.2) is 4.68 Å². The predicted molar refractivity (Wildman–Crippen MR) is 109 cm³/mol. The highest BCUT2D eigenvalue weighted by Crippen LogP contribution is 2.45. The van der Waals surface area contributed by atoms with Crippen molar-refractivity contribution in [2.24, 2.45) is 11.7 Å². The first-order valence-corrected chi connectivity index (χ1v) is 10.6. The number of hydrogen-bond acceptors (Lipinski definition) is 6. The van der Waals surface area contributed by atoms with Crippen molar-refractivity contribution in [3.05, 3.63) is 35.5 Å². The van der Waals surface area contributed by atoms with E-state index < -0.39 is 30.1 Å². The van der Waals surface area contributed by atoms with Crippen molar-refractivity contribution < 1.29 is 32.2 Å². The smallest absolute Gasteiger partial charge is 0.410 e. The summed E-state index contributed by atoms with van der Waals surface area (Å²) in [5.41, 5.74) is 5.87. The number of anilines is 1. The Balaban J connectivity index is 1.40. The lowest BCUT2D eigenvalue weighted by molar-refractivity contribution is -0.173. The van der Waals surface area contributed by atoms with Crippen molar-refractivity contribution in [2.75, 3.05) is 25.2 Å². The number of nitrogens with two attached hydrogens (primary N) is 1. The highest BCUT2D eigenvalue weighted by molar-refractivity contribution is 5.93. The van der Waals surface area contributed by atoms with E-state index in [9.17, 15) is 22.8 Å². The van der Waals surface area contributed by atoms with E-state index >= 15 is 0 Å². The molecule has 1 aromatic heterocycles. The summed E-state index contributed by atoms with van der Waals surface area (Å²) in [7, 11) is 0. The molecule has 3 aliphatic rings. The number of alkyl halides is 3. The first-order valence-electron chi connectivity index (χ1n) is 10.6. The number of nitrogens with zero attached hydrogens (tertiary/aromatic N) is 3. The van der Waals surface area contributed by atoms with Gasteiger partial charge < -0.3 is 25.4 Å². The molecule has 0 saturated carbocycles. The van der Waals surface area contributed by atoms with Gasteiger partial charge in [-0.05, 0) is 30.5 Å². The quantitative estimate of drug-likeness (QED) is 0.721. The van der Waals surface area contributed by atoms with Crippen LogP contribution in [0.3, 0.4) is 0 Å². The second-order valence-electron chi connectivity index (χ2n) is 8.43. The Labute approximate surface area is 186 Å². The summed E-state index contributed by atoms with van der Waals surface area (Å²) >= 11 is 0. The Morgan fingerprint density at radius 3 is 2.55 bits per heavy atom. The number of rotatable bonds is 3. The summed E-state index contributed by atoms with van der Waals surface area (Å²) in [5.74, 6) is -0.0507. The molecule has 33 heavy (non-hydrogen) atoms. The number of aromatic nitrogens is 2. The number of ether oxygens (including phenoxy) is 2. The third-order valence-corrected chi connectivity index (χ3v) is 6.39. The molecule has 1 saturated heterocycles. The molecule has 2 atom stereocenters. The highest BCUT2D eigenvalue weighted by Gasteiger charge is 2.47. The van der Waals surface area contributed by atoms with E-state index in [1.165, 1.54) is 11.0 Å². The van der Waals surface area contributed by atoms with E-state index in [1.54, 1.807) is 18.2 Å².